The van der Waals surface area contributed by atoms with E-state index >= 15 is 0 Å². The summed E-state index contributed by atoms with van der Waals surface area (Å²) in [5.74, 6) is 0.988. The molecule has 0 radical (unpaired) electrons. The van der Waals surface area contributed by atoms with Crippen molar-refractivity contribution in [3.8, 4) is 0 Å². The molecule has 1 N–H and O–H groups in total. The molecule has 2 aliphatic rings. The van der Waals surface area contributed by atoms with Gasteiger partial charge in [0, 0.05) is 84.3 Å². The molecule has 1 aromatic heterocycles. The Morgan fingerprint density at radius 2 is 1.52 bits per heavy atom. The Morgan fingerprint density at radius 3 is 2.12 bits per heavy atom. The monoisotopic (exact) mass is 348 g/mol. The van der Waals surface area contributed by atoms with Crippen LogP contribution >= 0.6 is 0 Å². The van der Waals surface area contributed by atoms with Gasteiger partial charge >= 0.3 is 0 Å². The van der Waals surface area contributed by atoms with E-state index in [2.05, 4.69) is 24.7 Å². The molecule has 0 saturated carbocycles. The van der Waals surface area contributed by atoms with Crippen molar-refractivity contribution in [2.45, 2.75) is 6.42 Å². The number of aliphatic hydroxyl groups is 1. The molecular weight excluding hydrogens is 320 g/mol. The zero-order valence-electron chi connectivity index (χ0n) is 14.8. The number of hydrogen-bond acceptors (Lipinski definition) is 7. The summed E-state index contributed by atoms with van der Waals surface area (Å²) in [6.07, 6.45) is 4.09. The number of rotatable bonds is 6. The summed E-state index contributed by atoms with van der Waals surface area (Å²) in [5.41, 5.74) is 0. The van der Waals surface area contributed by atoms with Crippen LogP contribution in [0.5, 0.6) is 0 Å². The fourth-order valence-electron chi connectivity index (χ4n) is 3.40. The molecule has 0 atom stereocenters. The number of nitrogens with zero attached hydrogens (tertiary/aromatic N) is 6. The van der Waals surface area contributed by atoms with Crippen LogP contribution in [0.4, 0.5) is 5.95 Å². The number of hydrogen-bond donors (Lipinski definition) is 1. The number of carbonyl (C=O) groups excluding carboxylic acids is 1. The fourth-order valence-corrected chi connectivity index (χ4v) is 3.40. The fraction of sp³-hybridized carbons (Fsp3) is 0.706. The van der Waals surface area contributed by atoms with Gasteiger partial charge in [0.1, 0.15) is 0 Å². The summed E-state index contributed by atoms with van der Waals surface area (Å²) in [7, 11) is 0. The SMILES string of the molecule is O=C(CCN1CCN(CCO)CC1)N1CCN(c2ncccn2)CC1. The molecule has 0 unspecified atom stereocenters. The lowest BCUT2D eigenvalue weighted by molar-refractivity contribution is -0.131. The number of piperazine rings is 2. The number of β-amino-alcohol motifs (C(OH)–C–C–N with tert-alkyl or cyclic N) is 1. The Labute approximate surface area is 149 Å². The second-order valence-corrected chi connectivity index (χ2v) is 6.57. The van der Waals surface area contributed by atoms with Gasteiger partial charge in [0.15, 0.2) is 0 Å². The van der Waals surface area contributed by atoms with Crippen molar-refractivity contribution < 1.29 is 9.90 Å². The maximum Gasteiger partial charge on any atom is 0.225 e. The largest absolute Gasteiger partial charge is 0.395 e. The lowest BCUT2D eigenvalue weighted by Gasteiger charge is -2.36. The van der Waals surface area contributed by atoms with Gasteiger partial charge in [0.05, 0.1) is 6.61 Å². The number of aromatic nitrogens is 2. The van der Waals surface area contributed by atoms with E-state index in [1.807, 2.05) is 11.0 Å². The van der Waals surface area contributed by atoms with Gasteiger partial charge in [-0.3, -0.25) is 9.69 Å². The van der Waals surface area contributed by atoms with Crippen LogP contribution in [0.1, 0.15) is 6.42 Å². The second-order valence-electron chi connectivity index (χ2n) is 6.57. The molecule has 2 fully saturated rings. The van der Waals surface area contributed by atoms with Crippen LogP contribution in [0.2, 0.25) is 0 Å². The zero-order valence-corrected chi connectivity index (χ0v) is 14.8. The maximum atomic E-state index is 12.5. The maximum absolute atomic E-state index is 12.5. The number of anilines is 1. The second kappa shape index (κ2) is 9.07. The average molecular weight is 348 g/mol. The van der Waals surface area contributed by atoms with E-state index in [0.29, 0.717) is 6.42 Å². The van der Waals surface area contributed by atoms with Crippen molar-refractivity contribution >= 4 is 11.9 Å². The van der Waals surface area contributed by atoms with Gasteiger partial charge < -0.3 is 19.8 Å². The van der Waals surface area contributed by atoms with E-state index in [1.165, 1.54) is 0 Å². The summed E-state index contributed by atoms with van der Waals surface area (Å²) < 4.78 is 0. The van der Waals surface area contributed by atoms with Crippen LogP contribution in [0.3, 0.4) is 0 Å². The van der Waals surface area contributed by atoms with Crippen LogP contribution in [-0.2, 0) is 4.79 Å². The minimum absolute atomic E-state index is 0.221. The average Bonchev–Trinajstić information content (AvgIpc) is 2.68. The highest BCUT2D eigenvalue weighted by Crippen LogP contribution is 2.11. The first-order valence-electron chi connectivity index (χ1n) is 9.11. The summed E-state index contributed by atoms with van der Waals surface area (Å²) in [6.45, 7) is 8.76. The van der Waals surface area contributed by atoms with E-state index in [9.17, 15) is 4.79 Å². The highest BCUT2D eigenvalue weighted by Gasteiger charge is 2.23. The standard InChI is InChI=1S/C17H28N6O2/c24-15-14-21-8-6-20(7-9-21)5-2-16(25)22-10-12-23(13-11-22)17-18-3-1-4-19-17/h1,3-4,24H,2,5-15H2. The van der Waals surface area contributed by atoms with Crippen molar-refractivity contribution in [1.82, 2.24) is 24.7 Å². The van der Waals surface area contributed by atoms with Gasteiger partial charge in [-0.2, -0.15) is 0 Å². The Morgan fingerprint density at radius 1 is 0.920 bits per heavy atom. The highest BCUT2D eigenvalue weighted by atomic mass is 16.3. The van der Waals surface area contributed by atoms with Crippen LogP contribution < -0.4 is 4.90 Å². The molecule has 1 amide bonds. The first-order valence-corrected chi connectivity index (χ1v) is 9.11. The molecule has 0 aromatic carbocycles. The van der Waals surface area contributed by atoms with Gasteiger partial charge in [-0.25, -0.2) is 9.97 Å². The van der Waals surface area contributed by atoms with E-state index in [0.717, 1.165) is 71.4 Å². The minimum Gasteiger partial charge on any atom is -0.395 e. The van der Waals surface area contributed by atoms with Crippen molar-refractivity contribution in [1.29, 1.82) is 0 Å². The zero-order chi connectivity index (χ0) is 17.5. The van der Waals surface area contributed by atoms with Crippen LogP contribution in [0.15, 0.2) is 18.5 Å². The Hall–Kier alpha value is -1.77. The first kappa shape index (κ1) is 18.0. The van der Waals surface area contributed by atoms with E-state index in [1.54, 1.807) is 12.4 Å². The Bertz CT molecular complexity index is 527. The molecule has 2 saturated heterocycles. The lowest BCUT2D eigenvalue weighted by Crippen LogP contribution is -2.51. The van der Waals surface area contributed by atoms with E-state index in [-0.39, 0.29) is 12.5 Å². The topological polar surface area (TPSA) is 76.0 Å². The Kier molecular flexibility index (Phi) is 6.55. The molecule has 3 heterocycles. The van der Waals surface area contributed by atoms with Gasteiger partial charge in [-0.1, -0.05) is 0 Å². The van der Waals surface area contributed by atoms with Crippen molar-refractivity contribution in [3.05, 3.63) is 18.5 Å². The predicted octanol–water partition coefficient (Wildman–Crippen LogP) is -0.875. The third-order valence-corrected chi connectivity index (χ3v) is 4.99. The quantitative estimate of drug-likeness (QED) is 0.716. The van der Waals surface area contributed by atoms with Crippen molar-refractivity contribution in [2.75, 3.05) is 77.0 Å². The van der Waals surface area contributed by atoms with Gasteiger partial charge in [0.2, 0.25) is 11.9 Å². The minimum atomic E-state index is 0.221. The molecule has 8 nitrogen and oxygen atoms in total. The molecule has 138 valence electrons. The lowest BCUT2D eigenvalue weighted by atomic mass is 10.2. The number of aliphatic hydroxyl groups excluding tert-OH is 1. The third-order valence-electron chi connectivity index (χ3n) is 4.99. The van der Waals surface area contributed by atoms with Crippen LogP contribution in [0.25, 0.3) is 0 Å². The van der Waals surface area contributed by atoms with Crippen LogP contribution in [0, 0.1) is 0 Å². The third kappa shape index (κ3) is 5.10. The Balaban J connectivity index is 1.36. The van der Waals surface area contributed by atoms with Gasteiger partial charge in [0.25, 0.3) is 0 Å². The smallest absolute Gasteiger partial charge is 0.225 e. The van der Waals surface area contributed by atoms with Crippen molar-refractivity contribution in [3.63, 3.8) is 0 Å². The molecule has 3 rings (SSSR count). The molecule has 0 spiro atoms. The summed E-state index contributed by atoms with van der Waals surface area (Å²) in [4.78, 5) is 29.7. The number of carbonyl (C=O) groups is 1. The molecule has 0 aliphatic carbocycles. The van der Waals surface area contributed by atoms with E-state index < -0.39 is 0 Å². The predicted molar refractivity (Wildman–Crippen MR) is 95.4 cm³/mol. The molecular formula is C17H28N6O2. The summed E-state index contributed by atoms with van der Waals surface area (Å²) >= 11 is 0. The first-order chi connectivity index (χ1) is 12.3. The summed E-state index contributed by atoms with van der Waals surface area (Å²) in [5, 5.41) is 8.98. The number of amides is 1. The van der Waals surface area contributed by atoms with Crippen molar-refractivity contribution in [2.24, 2.45) is 0 Å². The van der Waals surface area contributed by atoms with Gasteiger partial charge in [-0.15, -0.1) is 0 Å². The van der Waals surface area contributed by atoms with E-state index in [4.69, 9.17) is 5.11 Å². The molecule has 2 aliphatic heterocycles. The molecule has 8 heteroatoms. The molecule has 25 heavy (non-hydrogen) atoms. The summed E-state index contributed by atoms with van der Waals surface area (Å²) in [6, 6.07) is 1.81. The normalized spacial score (nSPS) is 20.0. The molecule has 1 aromatic rings. The van der Waals surface area contributed by atoms with Gasteiger partial charge in [-0.05, 0) is 6.07 Å². The molecule has 0 bridgehead atoms. The van der Waals surface area contributed by atoms with Crippen LogP contribution in [-0.4, -0.2) is 108 Å². The highest BCUT2D eigenvalue weighted by molar-refractivity contribution is 5.76.